The van der Waals surface area contributed by atoms with Crippen LogP contribution >= 0.6 is 11.6 Å². The van der Waals surface area contributed by atoms with E-state index in [9.17, 15) is 0 Å². The Hall–Kier alpha value is -1.48. The van der Waals surface area contributed by atoms with E-state index in [2.05, 4.69) is 18.8 Å². The van der Waals surface area contributed by atoms with E-state index in [0.717, 1.165) is 28.4 Å². The summed E-state index contributed by atoms with van der Waals surface area (Å²) in [4.78, 5) is 4.39. The molecule has 3 nitrogen and oxygen atoms in total. The van der Waals surface area contributed by atoms with Gasteiger partial charge in [-0.2, -0.15) is 0 Å². The number of nitrogens with two attached hydrogens (primary N) is 1. The number of aromatic nitrogens is 2. The second-order valence-corrected chi connectivity index (χ2v) is 5.40. The van der Waals surface area contributed by atoms with Gasteiger partial charge in [0.15, 0.2) is 0 Å². The van der Waals surface area contributed by atoms with Gasteiger partial charge in [-0.15, -0.1) is 0 Å². The van der Waals surface area contributed by atoms with Crippen molar-refractivity contribution in [3.63, 3.8) is 0 Å². The first-order valence-corrected chi connectivity index (χ1v) is 6.44. The van der Waals surface area contributed by atoms with Crippen molar-refractivity contribution in [3.8, 4) is 11.3 Å². The number of benzene rings is 1. The van der Waals surface area contributed by atoms with Crippen LogP contribution in [0.1, 0.15) is 19.4 Å². The van der Waals surface area contributed by atoms with Crippen LogP contribution in [0.5, 0.6) is 0 Å². The van der Waals surface area contributed by atoms with Gasteiger partial charge in [0, 0.05) is 17.1 Å². The normalized spacial score (nSPS) is 11.2. The number of imidazole rings is 1. The number of hydrogen-bond acceptors (Lipinski definition) is 2. The lowest BCUT2D eigenvalue weighted by atomic mass is 10.1. The zero-order valence-corrected chi connectivity index (χ0v) is 11.7. The molecule has 0 atom stereocenters. The Morgan fingerprint density at radius 1 is 1.39 bits per heavy atom. The lowest BCUT2D eigenvalue weighted by Gasteiger charge is -2.08. The van der Waals surface area contributed by atoms with Gasteiger partial charge in [0.25, 0.3) is 0 Å². The van der Waals surface area contributed by atoms with Crippen LogP contribution in [0, 0.1) is 12.8 Å². The summed E-state index contributed by atoms with van der Waals surface area (Å²) in [7, 11) is 0. The molecule has 0 bridgehead atoms. The number of rotatable bonds is 3. The molecular formula is C14H18ClN3. The molecule has 0 unspecified atom stereocenters. The molecule has 0 amide bonds. The molecule has 18 heavy (non-hydrogen) atoms. The highest BCUT2D eigenvalue weighted by Gasteiger charge is 2.11. The van der Waals surface area contributed by atoms with Gasteiger partial charge in [0.1, 0.15) is 11.5 Å². The van der Waals surface area contributed by atoms with Crippen molar-refractivity contribution in [1.82, 2.24) is 9.55 Å². The van der Waals surface area contributed by atoms with Gasteiger partial charge in [-0.3, -0.25) is 0 Å². The molecule has 0 aliphatic heterocycles. The monoisotopic (exact) mass is 263 g/mol. The molecule has 0 fully saturated rings. The lowest BCUT2D eigenvalue weighted by Crippen LogP contribution is -2.06. The fourth-order valence-electron chi connectivity index (χ4n) is 1.89. The molecule has 0 aliphatic carbocycles. The van der Waals surface area contributed by atoms with E-state index in [1.807, 2.05) is 29.7 Å². The maximum Gasteiger partial charge on any atom is 0.131 e. The summed E-state index contributed by atoms with van der Waals surface area (Å²) in [5.41, 5.74) is 8.95. The number of halogens is 1. The topological polar surface area (TPSA) is 43.8 Å². The maximum atomic E-state index is 6.13. The zero-order valence-electron chi connectivity index (χ0n) is 10.9. The van der Waals surface area contributed by atoms with Gasteiger partial charge in [-0.1, -0.05) is 37.6 Å². The Morgan fingerprint density at radius 2 is 2.11 bits per heavy atom. The number of hydrogen-bond donors (Lipinski definition) is 1. The molecule has 2 rings (SSSR count). The fourth-order valence-corrected chi connectivity index (χ4v) is 2.07. The predicted molar refractivity (Wildman–Crippen MR) is 76.7 cm³/mol. The van der Waals surface area contributed by atoms with Crippen LogP contribution < -0.4 is 5.73 Å². The minimum atomic E-state index is 0.538. The number of aryl methyl sites for hydroxylation is 1. The van der Waals surface area contributed by atoms with E-state index < -0.39 is 0 Å². The van der Waals surface area contributed by atoms with Gasteiger partial charge in [-0.25, -0.2) is 4.98 Å². The number of nitrogens with zero attached hydrogens (tertiary/aromatic N) is 2. The molecule has 0 saturated heterocycles. The molecule has 4 heteroatoms. The van der Waals surface area contributed by atoms with E-state index in [1.165, 1.54) is 0 Å². The first-order chi connectivity index (χ1) is 8.49. The number of nitrogen functional groups attached to an aromatic ring is 1. The molecule has 1 aromatic heterocycles. The summed E-state index contributed by atoms with van der Waals surface area (Å²) >= 11 is 6.13. The molecule has 0 spiro atoms. The molecule has 1 aromatic carbocycles. The quantitative estimate of drug-likeness (QED) is 0.917. The van der Waals surface area contributed by atoms with Crippen LogP contribution in [0.3, 0.4) is 0 Å². The van der Waals surface area contributed by atoms with E-state index in [-0.39, 0.29) is 0 Å². The van der Waals surface area contributed by atoms with Crippen LogP contribution in [0.25, 0.3) is 11.3 Å². The van der Waals surface area contributed by atoms with Gasteiger partial charge < -0.3 is 10.3 Å². The second-order valence-electron chi connectivity index (χ2n) is 4.99. The molecule has 2 N–H and O–H groups in total. The van der Waals surface area contributed by atoms with Crippen LogP contribution in [-0.2, 0) is 6.54 Å². The zero-order chi connectivity index (χ0) is 13.3. The second kappa shape index (κ2) is 5.02. The van der Waals surface area contributed by atoms with Crippen molar-refractivity contribution in [1.29, 1.82) is 0 Å². The first kappa shape index (κ1) is 13.0. The molecule has 1 heterocycles. The molecule has 2 aromatic rings. The Balaban J connectivity index is 2.39. The Morgan fingerprint density at radius 3 is 2.72 bits per heavy atom. The van der Waals surface area contributed by atoms with Crippen LogP contribution in [-0.4, -0.2) is 9.55 Å². The maximum absolute atomic E-state index is 6.13. The average molecular weight is 264 g/mol. The van der Waals surface area contributed by atoms with Crippen molar-refractivity contribution in [2.45, 2.75) is 27.3 Å². The number of anilines is 1. The Bertz CT molecular complexity index is 558. The van der Waals surface area contributed by atoms with Gasteiger partial charge >= 0.3 is 0 Å². The first-order valence-electron chi connectivity index (χ1n) is 6.06. The summed E-state index contributed by atoms with van der Waals surface area (Å²) in [6.45, 7) is 7.16. The summed E-state index contributed by atoms with van der Waals surface area (Å²) in [5.74, 6) is 1.24. The van der Waals surface area contributed by atoms with E-state index >= 15 is 0 Å². The standard InChI is InChI=1S/C14H18ClN3/c1-9(2)7-18-8-17-13(14(18)16)11-5-4-10(3)12(15)6-11/h4-6,8-9H,7,16H2,1-3H3. The van der Waals surface area contributed by atoms with Crippen molar-refractivity contribution in [2.24, 2.45) is 5.92 Å². The van der Waals surface area contributed by atoms with Crippen molar-refractivity contribution in [2.75, 3.05) is 5.73 Å². The van der Waals surface area contributed by atoms with E-state index in [4.69, 9.17) is 17.3 Å². The highest BCUT2D eigenvalue weighted by Crippen LogP contribution is 2.28. The van der Waals surface area contributed by atoms with E-state index in [1.54, 1.807) is 6.33 Å². The van der Waals surface area contributed by atoms with Gasteiger partial charge in [0.05, 0.1) is 6.33 Å². The SMILES string of the molecule is Cc1ccc(-c2ncn(CC(C)C)c2N)cc1Cl. The molecule has 0 radical (unpaired) electrons. The van der Waals surface area contributed by atoms with Gasteiger partial charge in [0.2, 0.25) is 0 Å². The molecular weight excluding hydrogens is 246 g/mol. The minimum absolute atomic E-state index is 0.538. The average Bonchev–Trinajstić information content (AvgIpc) is 2.64. The molecule has 0 aliphatic rings. The highest BCUT2D eigenvalue weighted by molar-refractivity contribution is 6.31. The lowest BCUT2D eigenvalue weighted by molar-refractivity contribution is 0.527. The third-order valence-corrected chi connectivity index (χ3v) is 3.29. The Kier molecular flexibility index (Phi) is 3.62. The minimum Gasteiger partial charge on any atom is -0.383 e. The van der Waals surface area contributed by atoms with Crippen molar-refractivity contribution >= 4 is 17.4 Å². The van der Waals surface area contributed by atoms with Crippen molar-refractivity contribution < 1.29 is 0 Å². The van der Waals surface area contributed by atoms with E-state index in [0.29, 0.717) is 11.7 Å². The van der Waals surface area contributed by atoms with Crippen LogP contribution in [0.4, 0.5) is 5.82 Å². The Labute approximate surface area is 113 Å². The van der Waals surface area contributed by atoms with Crippen molar-refractivity contribution in [3.05, 3.63) is 35.1 Å². The summed E-state index contributed by atoms with van der Waals surface area (Å²) in [6, 6.07) is 5.90. The molecule has 0 saturated carbocycles. The van der Waals surface area contributed by atoms with Crippen LogP contribution in [0.15, 0.2) is 24.5 Å². The third-order valence-electron chi connectivity index (χ3n) is 2.89. The highest BCUT2D eigenvalue weighted by atomic mass is 35.5. The van der Waals surface area contributed by atoms with Crippen LogP contribution in [0.2, 0.25) is 5.02 Å². The largest absolute Gasteiger partial charge is 0.383 e. The third kappa shape index (κ3) is 2.51. The summed E-state index contributed by atoms with van der Waals surface area (Å²) in [6.07, 6.45) is 1.79. The molecule has 96 valence electrons. The predicted octanol–water partition coefficient (Wildman–Crippen LogP) is 3.75. The summed E-state index contributed by atoms with van der Waals surface area (Å²) in [5, 5.41) is 0.741. The smallest absolute Gasteiger partial charge is 0.131 e. The fraction of sp³-hybridized carbons (Fsp3) is 0.357. The van der Waals surface area contributed by atoms with Gasteiger partial charge in [-0.05, 0) is 24.5 Å². The summed E-state index contributed by atoms with van der Waals surface area (Å²) < 4.78 is 1.98.